The number of nitrogens with one attached hydrogen (secondary N) is 1. The van der Waals surface area contributed by atoms with E-state index in [1.165, 1.54) is 6.07 Å². The molecule has 1 N–H and O–H groups in total. The van der Waals surface area contributed by atoms with Gasteiger partial charge in [0.25, 0.3) is 5.91 Å². The van der Waals surface area contributed by atoms with Crippen LogP contribution in [0.3, 0.4) is 0 Å². The van der Waals surface area contributed by atoms with Gasteiger partial charge < -0.3 is 10.1 Å². The summed E-state index contributed by atoms with van der Waals surface area (Å²) >= 11 is 11.8. The molecular formula is C18H17Cl2NO3. The van der Waals surface area contributed by atoms with Gasteiger partial charge in [-0.15, -0.1) is 0 Å². The highest BCUT2D eigenvalue weighted by molar-refractivity contribution is 6.35. The van der Waals surface area contributed by atoms with E-state index in [9.17, 15) is 9.59 Å². The Labute approximate surface area is 150 Å². The van der Waals surface area contributed by atoms with Crippen molar-refractivity contribution in [1.29, 1.82) is 0 Å². The third kappa shape index (κ3) is 4.98. The molecule has 0 unspecified atom stereocenters. The Bertz CT molecular complexity index is 742. The van der Waals surface area contributed by atoms with Gasteiger partial charge in [-0.2, -0.15) is 0 Å². The van der Waals surface area contributed by atoms with E-state index in [0.29, 0.717) is 27.2 Å². The predicted molar refractivity (Wildman–Crippen MR) is 95.9 cm³/mol. The largest absolute Gasteiger partial charge is 0.452 e. The minimum absolute atomic E-state index is 0.350. The fourth-order valence-corrected chi connectivity index (χ4v) is 2.34. The molecule has 1 amide bonds. The molecule has 6 heteroatoms. The molecule has 4 nitrogen and oxygen atoms in total. The van der Waals surface area contributed by atoms with Crippen LogP contribution in [-0.4, -0.2) is 18.5 Å². The van der Waals surface area contributed by atoms with E-state index >= 15 is 0 Å². The summed E-state index contributed by atoms with van der Waals surface area (Å²) in [4.78, 5) is 23.8. The lowest BCUT2D eigenvalue weighted by atomic mass is 10.0. The Morgan fingerprint density at radius 3 is 2.38 bits per heavy atom. The summed E-state index contributed by atoms with van der Waals surface area (Å²) in [6, 6.07) is 11.8. The van der Waals surface area contributed by atoms with Gasteiger partial charge in [0.05, 0.1) is 16.3 Å². The van der Waals surface area contributed by atoms with Crippen molar-refractivity contribution in [1.82, 2.24) is 0 Å². The number of ether oxygens (including phenoxy) is 1. The lowest BCUT2D eigenvalue weighted by Gasteiger charge is -2.09. The molecule has 0 heterocycles. The molecule has 0 aliphatic carbocycles. The zero-order valence-electron chi connectivity index (χ0n) is 13.3. The second-order valence-electron chi connectivity index (χ2n) is 5.53. The molecule has 2 aromatic rings. The SMILES string of the molecule is CC(C)c1ccc(C(=O)OCC(=O)Nc2cc(Cl)ccc2Cl)cc1. The van der Waals surface area contributed by atoms with Crippen LogP contribution in [0.4, 0.5) is 5.69 Å². The first-order valence-electron chi connectivity index (χ1n) is 7.39. The highest BCUT2D eigenvalue weighted by Crippen LogP contribution is 2.25. The van der Waals surface area contributed by atoms with Crippen molar-refractivity contribution in [3.05, 3.63) is 63.6 Å². The van der Waals surface area contributed by atoms with Gasteiger partial charge in [0.2, 0.25) is 0 Å². The molecule has 0 bridgehead atoms. The van der Waals surface area contributed by atoms with Crippen LogP contribution < -0.4 is 5.32 Å². The highest BCUT2D eigenvalue weighted by Gasteiger charge is 2.12. The molecule has 0 atom stereocenters. The van der Waals surface area contributed by atoms with E-state index in [1.54, 1.807) is 24.3 Å². The van der Waals surface area contributed by atoms with Gasteiger partial charge in [-0.05, 0) is 41.8 Å². The van der Waals surface area contributed by atoms with E-state index in [1.807, 2.05) is 12.1 Å². The molecule has 2 rings (SSSR count). The summed E-state index contributed by atoms with van der Waals surface area (Å²) in [5.41, 5.74) is 1.89. The van der Waals surface area contributed by atoms with E-state index in [-0.39, 0.29) is 0 Å². The molecule has 24 heavy (non-hydrogen) atoms. The van der Waals surface area contributed by atoms with E-state index in [0.717, 1.165) is 5.56 Å². The van der Waals surface area contributed by atoms with Crippen LogP contribution >= 0.6 is 23.2 Å². The van der Waals surface area contributed by atoms with Gasteiger partial charge >= 0.3 is 5.97 Å². The normalized spacial score (nSPS) is 10.5. The summed E-state index contributed by atoms with van der Waals surface area (Å²) < 4.78 is 5.01. The lowest BCUT2D eigenvalue weighted by molar-refractivity contribution is -0.119. The van der Waals surface area contributed by atoms with Crippen LogP contribution in [0.5, 0.6) is 0 Å². The van der Waals surface area contributed by atoms with Crippen molar-refractivity contribution in [2.45, 2.75) is 19.8 Å². The standard InChI is InChI=1S/C18H17Cl2NO3/c1-11(2)12-3-5-13(6-4-12)18(23)24-10-17(22)21-16-9-14(19)7-8-15(16)20/h3-9,11H,10H2,1-2H3,(H,21,22). The third-order valence-corrected chi connectivity index (χ3v) is 3.91. The van der Waals surface area contributed by atoms with Crippen LogP contribution in [0.25, 0.3) is 0 Å². The van der Waals surface area contributed by atoms with E-state index in [4.69, 9.17) is 27.9 Å². The number of carbonyl (C=O) groups excluding carboxylic acids is 2. The maximum atomic E-state index is 12.0. The maximum absolute atomic E-state index is 12.0. The zero-order valence-corrected chi connectivity index (χ0v) is 14.8. The number of esters is 1. The quantitative estimate of drug-likeness (QED) is 0.765. The molecular weight excluding hydrogens is 349 g/mol. The Morgan fingerprint density at radius 1 is 1.08 bits per heavy atom. The Morgan fingerprint density at radius 2 is 1.75 bits per heavy atom. The molecule has 0 saturated carbocycles. The first-order valence-corrected chi connectivity index (χ1v) is 8.14. The minimum Gasteiger partial charge on any atom is -0.452 e. The van der Waals surface area contributed by atoms with E-state index < -0.39 is 18.5 Å². The maximum Gasteiger partial charge on any atom is 0.338 e. The zero-order chi connectivity index (χ0) is 17.7. The number of hydrogen-bond acceptors (Lipinski definition) is 3. The Kier molecular flexibility index (Phi) is 6.23. The average molecular weight is 366 g/mol. The van der Waals surface area contributed by atoms with Crippen LogP contribution in [-0.2, 0) is 9.53 Å². The molecule has 0 fully saturated rings. The van der Waals surface area contributed by atoms with Crippen molar-refractivity contribution in [2.24, 2.45) is 0 Å². The van der Waals surface area contributed by atoms with Gasteiger partial charge in [-0.1, -0.05) is 49.2 Å². The molecule has 126 valence electrons. The first-order chi connectivity index (χ1) is 11.4. The first kappa shape index (κ1) is 18.3. The lowest BCUT2D eigenvalue weighted by Crippen LogP contribution is -2.21. The number of carbonyl (C=O) groups is 2. The van der Waals surface area contributed by atoms with E-state index in [2.05, 4.69) is 19.2 Å². The van der Waals surface area contributed by atoms with Gasteiger partial charge in [0, 0.05) is 5.02 Å². The van der Waals surface area contributed by atoms with Crippen LogP contribution in [0.15, 0.2) is 42.5 Å². The monoisotopic (exact) mass is 365 g/mol. The number of anilines is 1. The summed E-state index contributed by atoms with van der Waals surface area (Å²) in [5, 5.41) is 3.34. The number of rotatable bonds is 5. The van der Waals surface area contributed by atoms with Crippen LogP contribution in [0, 0.1) is 0 Å². The third-order valence-electron chi connectivity index (χ3n) is 3.35. The second-order valence-corrected chi connectivity index (χ2v) is 6.37. The number of amides is 1. The molecule has 0 aromatic heterocycles. The molecule has 0 saturated heterocycles. The smallest absolute Gasteiger partial charge is 0.338 e. The molecule has 0 spiro atoms. The molecule has 0 radical (unpaired) electrons. The topological polar surface area (TPSA) is 55.4 Å². The van der Waals surface area contributed by atoms with Gasteiger partial charge in [0.15, 0.2) is 6.61 Å². The molecule has 0 aliphatic rings. The van der Waals surface area contributed by atoms with Crippen molar-refractivity contribution >= 4 is 40.8 Å². The fourth-order valence-electron chi connectivity index (χ4n) is 2.00. The number of hydrogen-bond donors (Lipinski definition) is 1. The highest BCUT2D eigenvalue weighted by atomic mass is 35.5. The predicted octanol–water partition coefficient (Wildman–Crippen LogP) is 4.91. The molecule has 2 aromatic carbocycles. The van der Waals surface area contributed by atoms with Gasteiger partial charge in [0.1, 0.15) is 0 Å². The van der Waals surface area contributed by atoms with Crippen LogP contribution in [0.1, 0.15) is 35.7 Å². The minimum atomic E-state index is -0.558. The number of halogens is 2. The summed E-state index contributed by atoms with van der Waals surface area (Å²) in [5.74, 6) is -0.674. The van der Waals surface area contributed by atoms with Crippen molar-refractivity contribution in [3.8, 4) is 0 Å². The Balaban J connectivity index is 1.91. The molecule has 0 aliphatic heterocycles. The number of benzene rings is 2. The summed E-state index contributed by atoms with van der Waals surface area (Å²) in [6.45, 7) is 3.73. The van der Waals surface area contributed by atoms with Crippen molar-refractivity contribution < 1.29 is 14.3 Å². The summed E-state index contributed by atoms with van der Waals surface area (Å²) in [7, 11) is 0. The van der Waals surface area contributed by atoms with Crippen molar-refractivity contribution in [3.63, 3.8) is 0 Å². The second kappa shape index (κ2) is 8.18. The van der Waals surface area contributed by atoms with Crippen molar-refractivity contribution in [2.75, 3.05) is 11.9 Å². The fraction of sp³-hybridized carbons (Fsp3) is 0.222. The van der Waals surface area contributed by atoms with Gasteiger partial charge in [-0.25, -0.2) is 4.79 Å². The van der Waals surface area contributed by atoms with Gasteiger partial charge in [-0.3, -0.25) is 4.79 Å². The average Bonchev–Trinajstić information content (AvgIpc) is 2.56. The Hall–Kier alpha value is -2.04. The van der Waals surface area contributed by atoms with Crippen LogP contribution in [0.2, 0.25) is 10.0 Å². The summed E-state index contributed by atoms with van der Waals surface area (Å²) in [6.07, 6.45) is 0.